The number of hydrogen-bond acceptors (Lipinski definition) is 3. The zero-order valence-corrected chi connectivity index (χ0v) is 11.7. The lowest BCUT2D eigenvalue weighted by Gasteiger charge is -2.15. The van der Waals surface area contributed by atoms with Gasteiger partial charge in [0.05, 0.1) is 0 Å². The zero-order chi connectivity index (χ0) is 15.6. The van der Waals surface area contributed by atoms with E-state index in [-0.39, 0.29) is 5.56 Å². The summed E-state index contributed by atoms with van der Waals surface area (Å²) in [6, 6.07) is 3.76. The molecule has 2 rings (SSSR count). The summed E-state index contributed by atoms with van der Waals surface area (Å²) in [6.45, 7) is 1.32. The van der Waals surface area contributed by atoms with Gasteiger partial charge in [-0.25, -0.2) is 31.3 Å². The van der Waals surface area contributed by atoms with Crippen molar-refractivity contribution in [3.05, 3.63) is 59.5 Å². The minimum absolute atomic E-state index is 0.185. The maximum absolute atomic E-state index is 13.6. The molecule has 0 aliphatic heterocycles. The Hall–Kier alpha value is -1.93. The third-order valence-electron chi connectivity index (χ3n) is 2.74. The molecule has 112 valence electrons. The molecule has 1 N–H and O–H groups in total. The molecule has 4 nitrogen and oxygen atoms in total. The van der Waals surface area contributed by atoms with Gasteiger partial charge in [-0.15, -0.1) is 0 Å². The van der Waals surface area contributed by atoms with E-state index >= 15 is 0 Å². The van der Waals surface area contributed by atoms with Crippen LogP contribution in [0.15, 0.2) is 41.6 Å². The van der Waals surface area contributed by atoms with Crippen LogP contribution >= 0.6 is 0 Å². The molecular formula is C13H11F3N2O2S. The predicted octanol–water partition coefficient (Wildman–Crippen LogP) is 2.54. The molecule has 1 aromatic heterocycles. The maximum Gasteiger partial charge on any atom is 0.261 e. The molecule has 0 aliphatic carbocycles. The summed E-state index contributed by atoms with van der Waals surface area (Å²) in [5, 5.41) is -0.798. The van der Waals surface area contributed by atoms with Gasteiger partial charge in [0.15, 0.2) is 5.82 Å². The summed E-state index contributed by atoms with van der Waals surface area (Å²) in [7, 11) is -4.29. The van der Waals surface area contributed by atoms with Crippen molar-refractivity contribution in [2.24, 2.45) is 0 Å². The third-order valence-corrected chi connectivity index (χ3v) is 4.21. The lowest BCUT2D eigenvalue weighted by molar-refractivity contribution is 0.525. The number of rotatable bonds is 4. The first-order valence-electron chi connectivity index (χ1n) is 5.89. The molecule has 21 heavy (non-hydrogen) atoms. The van der Waals surface area contributed by atoms with Gasteiger partial charge in [-0.05, 0) is 37.3 Å². The molecule has 0 amide bonds. The molecule has 0 saturated carbocycles. The lowest BCUT2D eigenvalue weighted by Crippen LogP contribution is -2.29. The van der Waals surface area contributed by atoms with Crippen LogP contribution in [-0.2, 0) is 10.0 Å². The third kappa shape index (κ3) is 3.40. The summed E-state index contributed by atoms with van der Waals surface area (Å²) >= 11 is 0. The van der Waals surface area contributed by atoms with Gasteiger partial charge in [0, 0.05) is 17.8 Å². The van der Waals surface area contributed by atoms with Gasteiger partial charge >= 0.3 is 0 Å². The van der Waals surface area contributed by atoms with E-state index in [0.717, 1.165) is 30.5 Å². The van der Waals surface area contributed by atoms with Crippen molar-refractivity contribution < 1.29 is 21.6 Å². The Morgan fingerprint density at radius 1 is 1.14 bits per heavy atom. The van der Waals surface area contributed by atoms with Gasteiger partial charge in [-0.1, -0.05) is 0 Å². The summed E-state index contributed by atoms with van der Waals surface area (Å²) in [4.78, 5) is 3.44. The van der Waals surface area contributed by atoms with Crippen molar-refractivity contribution in [2.45, 2.75) is 18.0 Å². The molecule has 2 aromatic rings. The number of halogens is 3. The van der Waals surface area contributed by atoms with Crippen LogP contribution in [-0.4, -0.2) is 13.4 Å². The van der Waals surface area contributed by atoms with Crippen LogP contribution in [0.4, 0.5) is 13.2 Å². The monoisotopic (exact) mass is 316 g/mol. The molecule has 1 unspecified atom stereocenters. The summed E-state index contributed by atoms with van der Waals surface area (Å²) in [6.07, 6.45) is 1.12. The molecule has 0 radical (unpaired) electrons. The predicted molar refractivity (Wildman–Crippen MR) is 69.3 cm³/mol. The van der Waals surface area contributed by atoms with Gasteiger partial charge in [-0.3, -0.25) is 0 Å². The average Bonchev–Trinajstić information content (AvgIpc) is 2.41. The molecular weight excluding hydrogens is 305 g/mol. The number of sulfonamides is 1. The Bertz CT molecular complexity index is 766. The fourth-order valence-corrected chi connectivity index (χ4v) is 3.00. The van der Waals surface area contributed by atoms with Crippen LogP contribution in [0.25, 0.3) is 0 Å². The fourth-order valence-electron chi connectivity index (χ4n) is 1.77. The largest absolute Gasteiger partial charge is 0.261 e. The second-order valence-electron chi connectivity index (χ2n) is 4.30. The Balaban J connectivity index is 2.33. The van der Waals surface area contributed by atoms with Crippen LogP contribution in [0.1, 0.15) is 18.5 Å². The van der Waals surface area contributed by atoms with E-state index in [2.05, 4.69) is 9.71 Å². The summed E-state index contributed by atoms with van der Waals surface area (Å²) < 4.78 is 66.2. The highest BCUT2D eigenvalue weighted by Crippen LogP contribution is 2.20. The average molecular weight is 316 g/mol. The Morgan fingerprint density at radius 2 is 1.86 bits per heavy atom. The van der Waals surface area contributed by atoms with E-state index in [0.29, 0.717) is 0 Å². The minimum atomic E-state index is -4.29. The van der Waals surface area contributed by atoms with Crippen LogP contribution in [0.5, 0.6) is 0 Å². The van der Waals surface area contributed by atoms with Gasteiger partial charge in [0.1, 0.15) is 11.6 Å². The first-order valence-corrected chi connectivity index (χ1v) is 7.37. The van der Waals surface area contributed by atoms with Gasteiger partial charge in [-0.2, -0.15) is 0 Å². The van der Waals surface area contributed by atoms with Crippen LogP contribution in [0, 0.1) is 17.5 Å². The van der Waals surface area contributed by atoms with Crippen LogP contribution in [0.3, 0.4) is 0 Å². The highest BCUT2D eigenvalue weighted by molar-refractivity contribution is 7.89. The second kappa shape index (κ2) is 5.82. The molecule has 0 spiro atoms. The molecule has 1 atom stereocenters. The molecule has 0 saturated heterocycles. The van der Waals surface area contributed by atoms with Crippen molar-refractivity contribution in [3.63, 3.8) is 0 Å². The SMILES string of the molecule is CC(NS(=O)(=O)c1ncccc1F)c1cc(F)ccc1F. The zero-order valence-electron chi connectivity index (χ0n) is 10.8. The summed E-state index contributed by atoms with van der Waals surface area (Å²) in [5.41, 5.74) is -0.185. The maximum atomic E-state index is 13.6. The first kappa shape index (κ1) is 15.5. The second-order valence-corrected chi connectivity index (χ2v) is 5.93. The normalized spacial score (nSPS) is 13.1. The molecule has 0 bridgehead atoms. The standard InChI is InChI=1S/C13H11F3N2O2S/c1-8(10-7-9(14)4-5-11(10)15)18-21(19,20)13-12(16)3-2-6-17-13/h2-8,18H,1H3. The van der Waals surface area contributed by atoms with Crippen molar-refractivity contribution >= 4 is 10.0 Å². The Morgan fingerprint density at radius 3 is 2.52 bits per heavy atom. The number of nitrogens with zero attached hydrogens (tertiary/aromatic N) is 1. The minimum Gasteiger partial charge on any atom is -0.241 e. The van der Waals surface area contributed by atoms with E-state index in [1.165, 1.54) is 13.0 Å². The van der Waals surface area contributed by atoms with Crippen molar-refractivity contribution in [1.29, 1.82) is 0 Å². The number of nitrogens with one attached hydrogen (secondary N) is 1. The highest BCUT2D eigenvalue weighted by atomic mass is 32.2. The molecule has 8 heteroatoms. The van der Waals surface area contributed by atoms with Crippen LogP contribution in [0.2, 0.25) is 0 Å². The molecule has 1 heterocycles. The van der Waals surface area contributed by atoms with E-state index < -0.39 is 38.5 Å². The van der Waals surface area contributed by atoms with Gasteiger partial charge in [0.2, 0.25) is 5.03 Å². The van der Waals surface area contributed by atoms with E-state index in [9.17, 15) is 21.6 Å². The fraction of sp³-hybridized carbons (Fsp3) is 0.154. The Kier molecular flexibility index (Phi) is 4.29. The van der Waals surface area contributed by atoms with Crippen molar-refractivity contribution in [2.75, 3.05) is 0 Å². The highest BCUT2D eigenvalue weighted by Gasteiger charge is 2.24. The molecule has 1 aromatic carbocycles. The smallest absolute Gasteiger partial charge is 0.241 e. The quantitative estimate of drug-likeness (QED) is 0.943. The first-order chi connectivity index (χ1) is 9.81. The number of benzene rings is 1. The van der Waals surface area contributed by atoms with Crippen molar-refractivity contribution in [1.82, 2.24) is 9.71 Å². The van der Waals surface area contributed by atoms with E-state index in [1.807, 2.05) is 0 Å². The lowest BCUT2D eigenvalue weighted by atomic mass is 10.1. The van der Waals surface area contributed by atoms with E-state index in [4.69, 9.17) is 0 Å². The number of pyridine rings is 1. The summed E-state index contributed by atoms with van der Waals surface area (Å²) in [5.74, 6) is -2.51. The number of aromatic nitrogens is 1. The van der Waals surface area contributed by atoms with E-state index in [1.54, 1.807) is 0 Å². The number of hydrogen-bond donors (Lipinski definition) is 1. The topological polar surface area (TPSA) is 59.1 Å². The molecule has 0 fully saturated rings. The molecule has 0 aliphatic rings. The van der Waals surface area contributed by atoms with Crippen molar-refractivity contribution in [3.8, 4) is 0 Å². The Labute approximate surface area is 119 Å². The van der Waals surface area contributed by atoms with Crippen LogP contribution < -0.4 is 4.72 Å². The van der Waals surface area contributed by atoms with Gasteiger partial charge in [0.25, 0.3) is 10.0 Å². The van der Waals surface area contributed by atoms with Gasteiger partial charge < -0.3 is 0 Å².